The highest BCUT2D eigenvalue weighted by molar-refractivity contribution is 7.89. The van der Waals surface area contributed by atoms with Crippen LogP contribution in [-0.2, 0) is 14.8 Å². The van der Waals surface area contributed by atoms with E-state index in [1.807, 2.05) is 6.92 Å². The molecule has 1 rings (SSSR count). The predicted molar refractivity (Wildman–Crippen MR) is 91.5 cm³/mol. The van der Waals surface area contributed by atoms with Crippen LogP contribution in [-0.4, -0.2) is 43.5 Å². The van der Waals surface area contributed by atoms with Crippen LogP contribution in [0.15, 0.2) is 47.0 Å². The van der Waals surface area contributed by atoms with Gasteiger partial charge in [-0.05, 0) is 49.3 Å². The summed E-state index contributed by atoms with van der Waals surface area (Å²) in [4.78, 5) is 11.4. The first kappa shape index (κ1) is 20.0. The Morgan fingerprint density at radius 1 is 1.33 bits per heavy atom. The third kappa shape index (κ3) is 4.96. The van der Waals surface area contributed by atoms with Crippen LogP contribution in [0.5, 0.6) is 5.75 Å². The Hall–Kier alpha value is -2.08. The van der Waals surface area contributed by atoms with Crippen molar-refractivity contribution < 1.29 is 23.1 Å². The smallest absolute Gasteiger partial charge is 0.322 e. The molecule has 24 heavy (non-hydrogen) atoms. The zero-order valence-corrected chi connectivity index (χ0v) is 15.1. The third-order valence-corrected chi connectivity index (χ3v) is 5.25. The SMILES string of the molecule is CC=C=CCOc1ccc(S(=O)(=O)N(C)C(C(=O)O)C(C)C)cc1. The molecule has 0 fully saturated rings. The van der Waals surface area contributed by atoms with E-state index in [-0.39, 0.29) is 10.8 Å². The van der Waals surface area contributed by atoms with Crippen molar-refractivity contribution in [1.82, 2.24) is 4.31 Å². The summed E-state index contributed by atoms with van der Waals surface area (Å²) in [6.45, 7) is 5.50. The summed E-state index contributed by atoms with van der Waals surface area (Å²) in [7, 11) is -2.62. The molecule has 0 aromatic heterocycles. The fourth-order valence-electron chi connectivity index (χ4n) is 2.19. The van der Waals surface area contributed by atoms with Crippen LogP contribution in [0.4, 0.5) is 0 Å². The molecule has 1 aromatic rings. The molecule has 6 nitrogen and oxygen atoms in total. The van der Waals surface area contributed by atoms with Gasteiger partial charge in [-0.1, -0.05) is 13.8 Å². The quantitative estimate of drug-likeness (QED) is 0.726. The Morgan fingerprint density at radius 3 is 2.38 bits per heavy atom. The van der Waals surface area contributed by atoms with Crippen LogP contribution in [0.1, 0.15) is 20.8 Å². The Kier molecular flexibility index (Phi) is 7.22. The summed E-state index contributed by atoms with van der Waals surface area (Å²) < 4.78 is 31.5. The van der Waals surface area contributed by atoms with E-state index in [9.17, 15) is 18.3 Å². The number of likely N-dealkylation sites (N-methyl/N-ethyl adjacent to an activating group) is 1. The Labute approximate surface area is 143 Å². The molecular formula is C17H23NO5S. The first-order valence-corrected chi connectivity index (χ1v) is 8.95. The van der Waals surface area contributed by atoms with E-state index in [4.69, 9.17) is 4.74 Å². The van der Waals surface area contributed by atoms with Gasteiger partial charge in [0, 0.05) is 7.05 Å². The first-order valence-electron chi connectivity index (χ1n) is 7.51. The summed E-state index contributed by atoms with van der Waals surface area (Å²) >= 11 is 0. The second-order valence-corrected chi connectivity index (χ2v) is 7.49. The molecule has 0 saturated heterocycles. The minimum Gasteiger partial charge on any atom is -0.489 e. The maximum atomic E-state index is 12.6. The molecule has 0 spiro atoms. The van der Waals surface area contributed by atoms with Crippen LogP contribution in [0, 0.1) is 5.92 Å². The monoisotopic (exact) mass is 353 g/mol. The first-order chi connectivity index (χ1) is 11.2. The van der Waals surface area contributed by atoms with Gasteiger partial charge < -0.3 is 9.84 Å². The van der Waals surface area contributed by atoms with Crippen molar-refractivity contribution >= 4 is 16.0 Å². The molecule has 0 radical (unpaired) electrons. The van der Waals surface area contributed by atoms with E-state index in [1.165, 1.54) is 31.3 Å². The zero-order valence-electron chi connectivity index (χ0n) is 14.3. The molecule has 132 valence electrons. The lowest BCUT2D eigenvalue weighted by molar-refractivity contribution is -0.142. The number of nitrogens with zero attached hydrogens (tertiary/aromatic N) is 1. The maximum absolute atomic E-state index is 12.6. The zero-order chi connectivity index (χ0) is 18.3. The Balaban J connectivity index is 2.98. The van der Waals surface area contributed by atoms with E-state index in [2.05, 4.69) is 5.73 Å². The molecule has 0 aliphatic carbocycles. The number of carboxylic acids is 1. The molecule has 1 unspecified atom stereocenters. The van der Waals surface area contributed by atoms with E-state index >= 15 is 0 Å². The van der Waals surface area contributed by atoms with Crippen molar-refractivity contribution in [1.29, 1.82) is 0 Å². The molecule has 0 aliphatic rings. The van der Waals surface area contributed by atoms with Gasteiger partial charge in [-0.15, -0.1) is 5.73 Å². The average Bonchev–Trinajstić information content (AvgIpc) is 2.51. The molecule has 0 saturated carbocycles. The maximum Gasteiger partial charge on any atom is 0.322 e. The second-order valence-electron chi connectivity index (χ2n) is 5.49. The van der Waals surface area contributed by atoms with Crippen LogP contribution < -0.4 is 4.74 Å². The molecule has 0 heterocycles. The largest absolute Gasteiger partial charge is 0.489 e. The lowest BCUT2D eigenvalue weighted by Crippen LogP contribution is -2.45. The van der Waals surface area contributed by atoms with Gasteiger partial charge in [-0.3, -0.25) is 4.79 Å². The molecule has 1 N–H and O–H groups in total. The summed E-state index contributed by atoms with van der Waals surface area (Å²) in [6, 6.07) is 4.75. The normalized spacial score (nSPS) is 12.6. The van der Waals surface area contributed by atoms with E-state index in [0.717, 1.165) is 4.31 Å². The van der Waals surface area contributed by atoms with Gasteiger partial charge in [-0.25, -0.2) is 8.42 Å². The van der Waals surface area contributed by atoms with E-state index in [0.29, 0.717) is 12.4 Å². The number of benzene rings is 1. The topological polar surface area (TPSA) is 83.9 Å². The number of rotatable bonds is 8. The summed E-state index contributed by atoms with van der Waals surface area (Å²) in [5.74, 6) is -1.01. The van der Waals surface area contributed by atoms with Crippen LogP contribution in [0.3, 0.4) is 0 Å². The van der Waals surface area contributed by atoms with Crippen molar-refractivity contribution in [2.24, 2.45) is 5.92 Å². The third-order valence-electron chi connectivity index (χ3n) is 3.39. The number of hydrogen-bond acceptors (Lipinski definition) is 4. The minimum absolute atomic E-state index is 0.0215. The highest BCUT2D eigenvalue weighted by Gasteiger charge is 2.34. The van der Waals surface area contributed by atoms with E-state index in [1.54, 1.807) is 26.0 Å². The summed E-state index contributed by atoms with van der Waals surface area (Å²) in [5.41, 5.74) is 2.87. The fraction of sp³-hybridized carbons (Fsp3) is 0.412. The van der Waals surface area contributed by atoms with Gasteiger partial charge in [0.2, 0.25) is 10.0 Å². The van der Waals surface area contributed by atoms with Crippen molar-refractivity contribution in [2.75, 3.05) is 13.7 Å². The summed E-state index contributed by atoms with van der Waals surface area (Å²) in [5, 5.41) is 9.27. The average molecular weight is 353 g/mol. The van der Waals surface area contributed by atoms with Gasteiger partial charge in [0.05, 0.1) is 4.90 Å². The molecule has 0 amide bonds. The van der Waals surface area contributed by atoms with Crippen molar-refractivity contribution in [3.05, 3.63) is 42.1 Å². The molecule has 1 aromatic carbocycles. The number of ether oxygens (including phenoxy) is 1. The number of hydrogen-bond donors (Lipinski definition) is 1. The number of sulfonamides is 1. The highest BCUT2D eigenvalue weighted by atomic mass is 32.2. The number of carboxylic acid groups (broad SMARTS) is 1. The van der Waals surface area contributed by atoms with Gasteiger partial charge in [-0.2, -0.15) is 4.31 Å². The Morgan fingerprint density at radius 2 is 1.92 bits per heavy atom. The number of aliphatic carboxylic acids is 1. The van der Waals surface area contributed by atoms with Gasteiger partial charge in [0.1, 0.15) is 18.4 Å². The van der Waals surface area contributed by atoms with Crippen LogP contribution in [0.2, 0.25) is 0 Å². The second kappa shape index (κ2) is 8.68. The van der Waals surface area contributed by atoms with Crippen molar-refractivity contribution in [3.8, 4) is 5.75 Å². The molecule has 0 bridgehead atoms. The predicted octanol–water partition coefficient (Wildman–Crippen LogP) is 2.53. The van der Waals surface area contributed by atoms with Crippen molar-refractivity contribution in [3.63, 3.8) is 0 Å². The molecular weight excluding hydrogens is 330 g/mol. The van der Waals surface area contributed by atoms with Crippen LogP contribution in [0.25, 0.3) is 0 Å². The van der Waals surface area contributed by atoms with E-state index < -0.39 is 22.0 Å². The molecule has 0 aliphatic heterocycles. The standard InChI is InChI=1S/C17H23NO5S/c1-5-6-7-12-23-14-8-10-15(11-9-14)24(21,22)18(4)16(13(2)3)17(19)20/h5,7-11,13,16H,12H2,1-4H3,(H,19,20). The lowest BCUT2D eigenvalue weighted by atomic mass is 10.1. The van der Waals surface area contributed by atoms with Crippen LogP contribution >= 0.6 is 0 Å². The van der Waals surface area contributed by atoms with Gasteiger partial charge >= 0.3 is 5.97 Å². The Bertz CT molecular complexity index is 716. The van der Waals surface area contributed by atoms with Gasteiger partial charge in [0.25, 0.3) is 0 Å². The summed E-state index contributed by atoms with van der Waals surface area (Å²) in [6.07, 6.45) is 3.46. The van der Waals surface area contributed by atoms with Crippen molar-refractivity contribution in [2.45, 2.75) is 31.7 Å². The van der Waals surface area contributed by atoms with Gasteiger partial charge in [0.15, 0.2) is 0 Å². The fourth-order valence-corrected chi connectivity index (χ4v) is 3.63. The molecule has 7 heteroatoms. The number of carbonyl (C=O) groups is 1. The minimum atomic E-state index is -3.90. The molecule has 1 atom stereocenters. The lowest BCUT2D eigenvalue weighted by Gasteiger charge is -2.27. The highest BCUT2D eigenvalue weighted by Crippen LogP contribution is 2.22.